The maximum Gasteiger partial charge on any atom is 0.137 e. The van der Waals surface area contributed by atoms with Gasteiger partial charge in [-0.25, -0.2) is 0 Å². The van der Waals surface area contributed by atoms with E-state index in [1.54, 1.807) is 0 Å². The summed E-state index contributed by atoms with van der Waals surface area (Å²) in [7, 11) is 0. The summed E-state index contributed by atoms with van der Waals surface area (Å²) < 4.78 is 12.2. The van der Waals surface area contributed by atoms with Crippen molar-refractivity contribution in [3.8, 4) is 0 Å². The van der Waals surface area contributed by atoms with E-state index in [1.165, 1.54) is 10.9 Å². The minimum absolute atomic E-state index is 0.147. The zero-order valence-electron chi connectivity index (χ0n) is 13.2. The number of ether oxygens (including phenoxy) is 1. The molecule has 2 heterocycles. The van der Waals surface area contributed by atoms with Gasteiger partial charge in [0, 0.05) is 12.0 Å². The Morgan fingerprint density at radius 1 is 1.38 bits per heavy atom. The quantitative estimate of drug-likeness (QED) is 0.894. The molecule has 3 rings (SSSR count). The third-order valence-electron chi connectivity index (χ3n) is 4.45. The molecule has 1 aliphatic heterocycles. The number of benzene rings is 1. The summed E-state index contributed by atoms with van der Waals surface area (Å²) in [4.78, 5) is 0. The zero-order chi connectivity index (χ0) is 14.8. The van der Waals surface area contributed by atoms with Gasteiger partial charge in [0.25, 0.3) is 0 Å². The van der Waals surface area contributed by atoms with E-state index in [2.05, 4.69) is 50.4 Å². The number of aryl methyl sites for hydroxylation is 1. The summed E-state index contributed by atoms with van der Waals surface area (Å²) in [6.07, 6.45) is 2.45. The fraction of sp³-hybridized carbons (Fsp3) is 0.556. The van der Waals surface area contributed by atoms with E-state index in [-0.39, 0.29) is 12.1 Å². The van der Waals surface area contributed by atoms with Crippen LogP contribution in [0.25, 0.3) is 11.0 Å². The molecule has 3 unspecified atom stereocenters. The van der Waals surface area contributed by atoms with Gasteiger partial charge in [0.2, 0.25) is 0 Å². The van der Waals surface area contributed by atoms with Crippen molar-refractivity contribution in [3.63, 3.8) is 0 Å². The molecule has 2 aromatic rings. The van der Waals surface area contributed by atoms with Crippen LogP contribution in [0, 0.1) is 12.8 Å². The van der Waals surface area contributed by atoms with E-state index in [1.807, 2.05) is 0 Å². The second-order valence-corrected chi connectivity index (χ2v) is 6.18. The van der Waals surface area contributed by atoms with Gasteiger partial charge < -0.3 is 14.5 Å². The van der Waals surface area contributed by atoms with Gasteiger partial charge in [-0.2, -0.15) is 0 Å². The molecular formula is C18H25NO2. The molecule has 3 atom stereocenters. The molecule has 1 aromatic heterocycles. The Hall–Kier alpha value is -1.32. The average Bonchev–Trinajstić information content (AvgIpc) is 3.07. The van der Waals surface area contributed by atoms with Crippen LogP contribution in [0.4, 0.5) is 0 Å². The molecule has 0 saturated carbocycles. The maximum absolute atomic E-state index is 6.18. The van der Waals surface area contributed by atoms with Crippen molar-refractivity contribution in [2.75, 3.05) is 13.2 Å². The first kappa shape index (κ1) is 14.6. The highest BCUT2D eigenvalue weighted by Gasteiger charge is 2.34. The van der Waals surface area contributed by atoms with Gasteiger partial charge >= 0.3 is 0 Å². The van der Waals surface area contributed by atoms with Gasteiger partial charge in [-0.1, -0.05) is 32.0 Å². The van der Waals surface area contributed by atoms with Gasteiger partial charge in [-0.15, -0.1) is 0 Å². The van der Waals surface area contributed by atoms with Crippen molar-refractivity contribution >= 4 is 11.0 Å². The number of nitrogens with one attached hydrogen (secondary N) is 1. The molecule has 0 spiro atoms. The molecule has 114 valence electrons. The fourth-order valence-electron chi connectivity index (χ4n) is 3.20. The smallest absolute Gasteiger partial charge is 0.137 e. The number of hydrogen-bond acceptors (Lipinski definition) is 3. The first-order valence-electron chi connectivity index (χ1n) is 8.04. The molecule has 0 radical (unpaired) electrons. The first-order chi connectivity index (χ1) is 10.2. The summed E-state index contributed by atoms with van der Waals surface area (Å²) in [6.45, 7) is 8.39. The Bertz CT molecular complexity index is 604. The van der Waals surface area contributed by atoms with Crippen molar-refractivity contribution in [3.05, 3.63) is 35.6 Å². The first-order valence-corrected chi connectivity index (χ1v) is 8.04. The van der Waals surface area contributed by atoms with Gasteiger partial charge in [0.15, 0.2) is 0 Å². The molecule has 3 heteroatoms. The topological polar surface area (TPSA) is 34.4 Å². The number of hydrogen-bond donors (Lipinski definition) is 1. The maximum atomic E-state index is 6.18. The molecule has 21 heavy (non-hydrogen) atoms. The van der Waals surface area contributed by atoms with Gasteiger partial charge in [0.1, 0.15) is 11.3 Å². The minimum Gasteiger partial charge on any atom is -0.459 e. The lowest BCUT2D eigenvalue weighted by Gasteiger charge is -2.25. The summed E-state index contributed by atoms with van der Waals surface area (Å²) in [5.74, 6) is 1.57. The predicted molar refractivity (Wildman–Crippen MR) is 85.5 cm³/mol. The highest BCUT2D eigenvalue weighted by molar-refractivity contribution is 5.81. The van der Waals surface area contributed by atoms with E-state index in [9.17, 15) is 0 Å². The lowest BCUT2D eigenvalue weighted by atomic mass is 9.95. The standard InChI is InChI=1S/C18H25NO2/c1-4-9-19-16(18-13(3)8-10-20-18)15-11-14-7-5-6-12(2)17(14)21-15/h5-7,11,13,16,18-19H,4,8-10H2,1-3H3. The molecule has 1 saturated heterocycles. The van der Waals surface area contributed by atoms with Crippen LogP contribution in [0.3, 0.4) is 0 Å². The summed E-state index contributed by atoms with van der Waals surface area (Å²) >= 11 is 0. The number of rotatable bonds is 5. The van der Waals surface area contributed by atoms with E-state index in [0.29, 0.717) is 5.92 Å². The molecule has 1 fully saturated rings. The van der Waals surface area contributed by atoms with E-state index in [4.69, 9.17) is 9.15 Å². The molecule has 0 amide bonds. The molecule has 1 N–H and O–H groups in total. The highest BCUT2D eigenvalue weighted by atomic mass is 16.5. The van der Waals surface area contributed by atoms with Crippen LogP contribution in [0.2, 0.25) is 0 Å². The Balaban J connectivity index is 1.95. The Labute approximate surface area is 126 Å². The van der Waals surface area contributed by atoms with Crippen molar-refractivity contribution < 1.29 is 9.15 Å². The summed E-state index contributed by atoms with van der Waals surface area (Å²) in [6, 6.07) is 8.61. The van der Waals surface area contributed by atoms with Gasteiger partial charge in [-0.3, -0.25) is 0 Å². The van der Waals surface area contributed by atoms with Crippen LogP contribution >= 0.6 is 0 Å². The fourth-order valence-corrected chi connectivity index (χ4v) is 3.20. The molecule has 1 aromatic carbocycles. The van der Waals surface area contributed by atoms with E-state index in [0.717, 1.165) is 37.3 Å². The van der Waals surface area contributed by atoms with Crippen molar-refractivity contribution in [1.29, 1.82) is 0 Å². The minimum atomic E-state index is 0.147. The molecule has 1 aliphatic rings. The lowest BCUT2D eigenvalue weighted by molar-refractivity contribution is 0.0544. The number of para-hydroxylation sites is 1. The van der Waals surface area contributed by atoms with E-state index < -0.39 is 0 Å². The normalized spacial score (nSPS) is 23.8. The van der Waals surface area contributed by atoms with Crippen molar-refractivity contribution in [2.45, 2.75) is 45.8 Å². The lowest BCUT2D eigenvalue weighted by Crippen LogP contribution is -2.34. The predicted octanol–water partition coefficient (Wildman–Crippen LogP) is 4.21. The van der Waals surface area contributed by atoms with E-state index >= 15 is 0 Å². The van der Waals surface area contributed by atoms with Crippen LogP contribution in [0.5, 0.6) is 0 Å². The largest absolute Gasteiger partial charge is 0.459 e. The average molecular weight is 287 g/mol. The molecule has 0 bridgehead atoms. The third-order valence-corrected chi connectivity index (χ3v) is 4.45. The molecular weight excluding hydrogens is 262 g/mol. The Morgan fingerprint density at radius 3 is 2.90 bits per heavy atom. The van der Waals surface area contributed by atoms with Crippen molar-refractivity contribution in [2.24, 2.45) is 5.92 Å². The Kier molecular flexibility index (Phi) is 4.32. The number of furan rings is 1. The second kappa shape index (κ2) is 6.20. The zero-order valence-corrected chi connectivity index (χ0v) is 13.2. The Morgan fingerprint density at radius 2 is 2.24 bits per heavy atom. The van der Waals surface area contributed by atoms with Crippen molar-refractivity contribution in [1.82, 2.24) is 5.32 Å². The highest BCUT2D eigenvalue weighted by Crippen LogP contribution is 2.34. The van der Waals surface area contributed by atoms with Crippen LogP contribution in [-0.2, 0) is 4.74 Å². The SMILES string of the molecule is CCCNC(c1cc2cccc(C)c2o1)C1OCCC1C. The van der Waals surface area contributed by atoms with Crippen LogP contribution in [-0.4, -0.2) is 19.3 Å². The van der Waals surface area contributed by atoms with Crippen LogP contribution in [0.15, 0.2) is 28.7 Å². The molecule has 3 nitrogen and oxygen atoms in total. The number of fused-ring (bicyclic) bond motifs is 1. The monoisotopic (exact) mass is 287 g/mol. The third kappa shape index (κ3) is 2.85. The van der Waals surface area contributed by atoms with Crippen LogP contribution in [0.1, 0.15) is 44.1 Å². The second-order valence-electron chi connectivity index (χ2n) is 6.18. The van der Waals surface area contributed by atoms with Crippen LogP contribution < -0.4 is 5.32 Å². The van der Waals surface area contributed by atoms with Gasteiger partial charge in [-0.05, 0) is 43.9 Å². The van der Waals surface area contributed by atoms with Gasteiger partial charge in [0.05, 0.1) is 12.1 Å². The molecule has 0 aliphatic carbocycles. The summed E-state index contributed by atoms with van der Waals surface area (Å²) in [5, 5.41) is 4.80. The summed E-state index contributed by atoms with van der Waals surface area (Å²) in [5.41, 5.74) is 2.19.